The van der Waals surface area contributed by atoms with Gasteiger partial charge in [-0.05, 0) is 36.8 Å². The molecule has 0 radical (unpaired) electrons. The van der Waals surface area contributed by atoms with Crippen LogP contribution in [0.15, 0.2) is 30.5 Å². The van der Waals surface area contributed by atoms with Gasteiger partial charge in [-0.15, -0.1) is 0 Å². The minimum absolute atomic E-state index is 0.00769. The fraction of sp³-hybridized carbons (Fsp3) is 0.500. The van der Waals surface area contributed by atoms with Gasteiger partial charge in [0.2, 0.25) is 17.7 Å². The summed E-state index contributed by atoms with van der Waals surface area (Å²) in [7, 11) is 0. The lowest BCUT2D eigenvalue weighted by atomic mass is 10.0. The Morgan fingerprint density at radius 1 is 1.20 bits per heavy atom. The van der Waals surface area contributed by atoms with Crippen molar-refractivity contribution in [3.63, 3.8) is 0 Å². The maximum Gasteiger partial charge on any atom is 0.326 e. The molecule has 4 atom stereocenters. The third-order valence-corrected chi connectivity index (χ3v) is 6.68. The van der Waals surface area contributed by atoms with Gasteiger partial charge in [0, 0.05) is 29.4 Å². The Morgan fingerprint density at radius 2 is 1.91 bits per heavy atom. The molecule has 0 saturated carbocycles. The summed E-state index contributed by atoms with van der Waals surface area (Å²) in [4.78, 5) is 54.7. The number of rotatable bonds is 10. The molecule has 2 aromatic rings. The molecule has 11 heteroatoms. The van der Waals surface area contributed by atoms with Crippen molar-refractivity contribution in [1.29, 1.82) is 0 Å². The van der Waals surface area contributed by atoms with E-state index in [0.29, 0.717) is 19.4 Å². The number of carboxylic acid groups (broad SMARTS) is 1. The summed E-state index contributed by atoms with van der Waals surface area (Å²) in [6, 6.07) is 3.96. The predicted molar refractivity (Wildman–Crippen MR) is 135 cm³/mol. The van der Waals surface area contributed by atoms with Gasteiger partial charge in [-0.2, -0.15) is 12.6 Å². The van der Waals surface area contributed by atoms with Crippen molar-refractivity contribution in [2.45, 2.75) is 57.3 Å². The smallest absolute Gasteiger partial charge is 0.326 e. The fourth-order valence-electron chi connectivity index (χ4n) is 4.36. The number of likely N-dealkylation sites (tertiary alicyclic amines) is 1. The van der Waals surface area contributed by atoms with Crippen LogP contribution in [0.5, 0.6) is 0 Å². The van der Waals surface area contributed by atoms with Crippen LogP contribution in [0.2, 0.25) is 0 Å². The molecule has 0 spiro atoms. The highest BCUT2D eigenvalue weighted by atomic mass is 32.1. The molecule has 2 heterocycles. The van der Waals surface area contributed by atoms with Crippen LogP contribution in [0.3, 0.4) is 0 Å². The number of hydrogen-bond acceptors (Lipinski definition) is 6. The van der Waals surface area contributed by atoms with Crippen molar-refractivity contribution in [3.05, 3.63) is 36.0 Å². The Balaban J connectivity index is 1.64. The molecule has 1 aliphatic heterocycles. The van der Waals surface area contributed by atoms with E-state index < -0.39 is 47.9 Å². The van der Waals surface area contributed by atoms with Crippen LogP contribution in [-0.2, 0) is 25.6 Å². The number of aromatic nitrogens is 1. The van der Waals surface area contributed by atoms with Crippen LogP contribution < -0.4 is 16.4 Å². The highest BCUT2D eigenvalue weighted by Crippen LogP contribution is 2.20. The molecular formula is C24H33N5O5S. The number of H-pyrrole nitrogens is 1. The Hall–Kier alpha value is -3.05. The Labute approximate surface area is 209 Å². The normalized spacial score (nSPS) is 18.3. The molecule has 3 amide bonds. The van der Waals surface area contributed by atoms with Crippen LogP contribution in [0.4, 0.5) is 0 Å². The van der Waals surface area contributed by atoms with E-state index in [1.165, 1.54) is 4.90 Å². The minimum atomic E-state index is -1.07. The number of para-hydroxylation sites is 1. The van der Waals surface area contributed by atoms with E-state index in [1.807, 2.05) is 30.5 Å². The zero-order valence-corrected chi connectivity index (χ0v) is 20.8. The van der Waals surface area contributed by atoms with Gasteiger partial charge < -0.3 is 31.4 Å². The molecule has 1 aromatic carbocycles. The maximum absolute atomic E-state index is 13.0. The van der Waals surface area contributed by atoms with Gasteiger partial charge in [-0.1, -0.05) is 32.0 Å². The first-order chi connectivity index (χ1) is 16.6. The number of aromatic amines is 1. The van der Waals surface area contributed by atoms with E-state index in [4.69, 9.17) is 5.73 Å². The van der Waals surface area contributed by atoms with Crippen molar-refractivity contribution in [2.75, 3.05) is 12.3 Å². The van der Waals surface area contributed by atoms with Crippen molar-refractivity contribution in [1.82, 2.24) is 20.5 Å². The molecular weight excluding hydrogens is 470 g/mol. The number of nitrogens with two attached hydrogens (primary N) is 1. The average Bonchev–Trinajstić information content (AvgIpc) is 3.48. The van der Waals surface area contributed by atoms with E-state index >= 15 is 0 Å². The summed E-state index contributed by atoms with van der Waals surface area (Å²) in [5, 5.41) is 15.7. The van der Waals surface area contributed by atoms with E-state index in [1.54, 1.807) is 13.8 Å². The van der Waals surface area contributed by atoms with E-state index in [9.17, 15) is 24.3 Å². The monoisotopic (exact) mass is 503 g/mol. The van der Waals surface area contributed by atoms with Gasteiger partial charge in [0.25, 0.3) is 0 Å². The summed E-state index contributed by atoms with van der Waals surface area (Å²) < 4.78 is 0. The Morgan fingerprint density at radius 3 is 2.57 bits per heavy atom. The third kappa shape index (κ3) is 6.15. The average molecular weight is 504 g/mol. The molecule has 1 saturated heterocycles. The largest absolute Gasteiger partial charge is 0.480 e. The van der Waals surface area contributed by atoms with Gasteiger partial charge >= 0.3 is 5.97 Å². The van der Waals surface area contributed by atoms with Crippen molar-refractivity contribution in [3.8, 4) is 0 Å². The lowest BCUT2D eigenvalue weighted by Crippen LogP contribution is -2.59. The molecule has 190 valence electrons. The van der Waals surface area contributed by atoms with Crippen LogP contribution >= 0.6 is 12.6 Å². The molecule has 10 nitrogen and oxygen atoms in total. The van der Waals surface area contributed by atoms with Gasteiger partial charge in [0.15, 0.2) is 0 Å². The third-order valence-electron chi connectivity index (χ3n) is 6.32. The topological polar surface area (TPSA) is 158 Å². The summed E-state index contributed by atoms with van der Waals surface area (Å²) >= 11 is 4.19. The first-order valence-corrected chi connectivity index (χ1v) is 12.3. The number of thiol groups is 1. The van der Waals surface area contributed by atoms with Crippen molar-refractivity contribution in [2.24, 2.45) is 11.7 Å². The zero-order chi connectivity index (χ0) is 25.7. The van der Waals surface area contributed by atoms with Gasteiger partial charge in [-0.3, -0.25) is 14.4 Å². The molecule has 1 fully saturated rings. The fourth-order valence-corrected chi connectivity index (χ4v) is 4.61. The molecule has 4 unspecified atom stereocenters. The Kier molecular flexibility index (Phi) is 8.79. The SMILES string of the molecule is CC(C)C(NC(=O)C(N)Cc1c[nH]c2ccccc12)C(=O)NC(CS)C(=O)N1CCCC1C(=O)O. The molecule has 6 N–H and O–H groups in total. The minimum Gasteiger partial charge on any atom is -0.480 e. The summed E-state index contributed by atoms with van der Waals surface area (Å²) in [6.45, 7) is 3.85. The number of carboxylic acids is 1. The highest BCUT2D eigenvalue weighted by Gasteiger charge is 2.38. The number of hydrogen-bond donors (Lipinski definition) is 6. The van der Waals surface area contributed by atoms with Crippen LogP contribution in [0.1, 0.15) is 32.3 Å². The molecule has 0 aliphatic carbocycles. The van der Waals surface area contributed by atoms with Crippen molar-refractivity contribution >= 4 is 47.2 Å². The highest BCUT2D eigenvalue weighted by molar-refractivity contribution is 7.80. The molecule has 3 rings (SSSR count). The second-order valence-electron chi connectivity index (χ2n) is 9.17. The molecule has 1 aromatic heterocycles. The van der Waals surface area contributed by atoms with E-state index in [-0.39, 0.29) is 18.1 Å². The maximum atomic E-state index is 13.0. The van der Waals surface area contributed by atoms with E-state index in [0.717, 1.165) is 16.5 Å². The number of nitrogens with one attached hydrogen (secondary N) is 3. The predicted octanol–water partition coefficient (Wildman–Crippen LogP) is 0.669. The first-order valence-electron chi connectivity index (χ1n) is 11.7. The summed E-state index contributed by atoms with van der Waals surface area (Å²) in [5.41, 5.74) is 8.00. The van der Waals surface area contributed by atoms with Gasteiger partial charge in [0.05, 0.1) is 6.04 Å². The quantitative estimate of drug-likeness (QED) is 0.262. The first kappa shape index (κ1) is 26.6. The van der Waals surface area contributed by atoms with Gasteiger partial charge in [-0.25, -0.2) is 4.79 Å². The second-order valence-corrected chi connectivity index (χ2v) is 9.54. The summed E-state index contributed by atoms with van der Waals surface area (Å²) in [5.74, 6) is -2.89. The second kappa shape index (κ2) is 11.6. The molecule has 35 heavy (non-hydrogen) atoms. The van der Waals surface area contributed by atoms with Crippen LogP contribution in [-0.4, -0.2) is 75.1 Å². The number of benzene rings is 1. The number of nitrogens with zero attached hydrogens (tertiary/aromatic N) is 1. The molecule has 1 aliphatic rings. The van der Waals surface area contributed by atoms with Crippen LogP contribution in [0.25, 0.3) is 10.9 Å². The number of carbonyl (C=O) groups excluding carboxylic acids is 3. The zero-order valence-electron chi connectivity index (χ0n) is 19.9. The number of amides is 3. The number of carbonyl (C=O) groups is 4. The number of aliphatic carboxylic acids is 1. The summed E-state index contributed by atoms with van der Waals surface area (Å²) in [6.07, 6.45) is 3.05. The van der Waals surface area contributed by atoms with Crippen LogP contribution in [0, 0.1) is 5.92 Å². The number of fused-ring (bicyclic) bond motifs is 1. The Bertz CT molecular complexity index is 1090. The lowest BCUT2D eigenvalue weighted by molar-refractivity contribution is -0.149. The van der Waals surface area contributed by atoms with Crippen molar-refractivity contribution < 1.29 is 24.3 Å². The molecule has 0 bridgehead atoms. The van der Waals surface area contributed by atoms with Gasteiger partial charge in [0.1, 0.15) is 18.1 Å². The standard InChI is InChI=1S/C24H33N5O5S/c1-13(2)20(22(31)27-18(12-35)23(32)29-9-5-8-19(29)24(33)34)28-21(30)16(25)10-14-11-26-17-7-4-3-6-15(14)17/h3-4,6-7,11,13,16,18-20,26,35H,5,8-10,12,25H2,1-2H3,(H,27,31)(H,28,30)(H,33,34). The lowest BCUT2D eigenvalue weighted by Gasteiger charge is -2.29. The van der Waals surface area contributed by atoms with E-state index in [2.05, 4.69) is 28.2 Å².